The van der Waals surface area contributed by atoms with Crippen LogP contribution in [0.1, 0.15) is 17.5 Å². The van der Waals surface area contributed by atoms with Crippen LogP contribution in [0.25, 0.3) is 0 Å². The minimum absolute atomic E-state index is 0.110. The van der Waals surface area contributed by atoms with Gasteiger partial charge < -0.3 is 4.74 Å². The fraction of sp³-hybridized carbons (Fsp3) is 0.250. The summed E-state index contributed by atoms with van der Waals surface area (Å²) in [6.45, 7) is 1.92. The highest BCUT2D eigenvalue weighted by atomic mass is 35.5. The molecule has 0 radical (unpaired) electrons. The average molecular weight is 223 g/mol. The summed E-state index contributed by atoms with van der Waals surface area (Å²) in [5, 5.41) is 0.686. The van der Waals surface area contributed by atoms with Crippen molar-refractivity contribution in [3.8, 4) is 11.8 Å². The lowest BCUT2D eigenvalue weighted by atomic mass is 10.1. The van der Waals surface area contributed by atoms with E-state index in [4.69, 9.17) is 11.6 Å². The lowest BCUT2D eigenvalue weighted by Gasteiger charge is -1.97. The van der Waals surface area contributed by atoms with E-state index in [1.165, 1.54) is 7.11 Å². The van der Waals surface area contributed by atoms with Crippen LogP contribution in [0.5, 0.6) is 0 Å². The van der Waals surface area contributed by atoms with Crippen molar-refractivity contribution in [2.75, 3.05) is 7.11 Å². The normalized spacial score (nSPS) is 9.00. The van der Waals surface area contributed by atoms with E-state index in [0.717, 1.165) is 11.1 Å². The van der Waals surface area contributed by atoms with E-state index in [-0.39, 0.29) is 12.4 Å². The van der Waals surface area contributed by atoms with Gasteiger partial charge in [-0.25, -0.2) is 0 Å². The summed E-state index contributed by atoms with van der Waals surface area (Å²) in [4.78, 5) is 10.8. The van der Waals surface area contributed by atoms with Gasteiger partial charge in [-0.2, -0.15) is 0 Å². The van der Waals surface area contributed by atoms with E-state index < -0.39 is 0 Å². The van der Waals surface area contributed by atoms with Crippen molar-refractivity contribution in [2.45, 2.75) is 13.3 Å². The van der Waals surface area contributed by atoms with Crippen LogP contribution in [0, 0.1) is 18.8 Å². The zero-order valence-corrected chi connectivity index (χ0v) is 9.39. The SMILES string of the molecule is COC(=O)CC#Cc1ccc(Cl)cc1C. The van der Waals surface area contributed by atoms with Crippen molar-refractivity contribution in [3.63, 3.8) is 0 Å². The van der Waals surface area contributed by atoms with Crippen LogP contribution in [-0.4, -0.2) is 13.1 Å². The van der Waals surface area contributed by atoms with Gasteiger partial charge in [0.05, 0.1) is 7.11 Å². The average Bonchev–Trinajstić information content (AvgIpc) is 2.21. The van der Waals surface area contributed by atoms with Crippen molar-refractivity contribution in [3.05, 3.63) is 34.3 Å². The molecule has 78 valence electrons. The first-order valence-electron chi connectivity index (χ1n) is 4.45. The van der Waals surface area contributed by atoms with Gasteiger partial charge in [0, 0.05) is 10.6 Å². The standard InChI is InChI=1S/C12H11ClO2/c1-9-8-11(13)7-6-10(9)4-3-5-12(14)15-2/h6-8H,5H2,1-2H3. The number of esters is 1. The Kier molecular flexibility index (Phi) is 4.20. The second-order valence-corrected chi connectivity index (χ2v) is 3.45. The third-order valence-corrected chi connectivity index (χ3v) is 2.11. The molecule has 1 aromatic carbocycles. The molecular formula is C12H11ClO2. The smallest absolute Gasteiger partial charge is 0.317 e. The van der Waals surface area contributed by atoms with E-state index in [0.29, 0.717) is 5.02 Å². The molecule has 0 unspecified atom stereocenters. The van der Waals surface area contributed by atoms with Gasteiger partial charge in [0.1, 0.15) is 6.42 Å². The van der Waals surface area contributed by atoms with Crippen LogP contribution in [0.2, 0.25) is 5.02 Å². The molecule has 0 aliphatic heterocycles. The molecule has 0 saturated carbocycles. The number of aryl methyl sites for hydroxylation is 1. The Bertz CT molecular complexity index is 427. The summed E-state index contributed by atoms with van der Waals surface area (Å²) in [5.41, 5.74) is 1.88. The summed E-state index contributed by atoms with van der Waals surface area (Å²) in [6.07, 6.45) is 0.110. The largest absolute Gasteiger partial charge is 0.468 e. The molecule has 0 heterocycles. The molecule has 0 fully saturated rings. The maximum atomic E-state index is 10.8. The molecule has 3 heteroatoms. The van der Waals surface area contributed by atoms with E-state index >= 15 is 0 Å². The molecule has 0 bridgehead atoms. The number of methoxy groups -OCH3 is 1. The van der Waals surface area contributed by atoms with Crippen LogP contribution < -0.4 is 0 Å². The monoisotopic (exact) mass is 222 g/mol. The van der Waals surface area contributed by atoms with Gasteiger partial charge in [-0.1, -0.05) is 23.4 Å². The number of rotatable bonds is 1. The quantitative estimate of drug-likeness (QED) is 0.539. The van der Waals surface area contributed by atoms with Crippen molar-refractivity contribution < 1.29 is 9.53 Å². The molecule has 0 spiro atoms. The lowest BCUT2D eigenvalue weighted by Crippen LogP contribution is -1.97. The number of hydrogen-bond donors (Lipinski definition) is 0. The van der Waals surface area contributed by atoms with Crippen LogP contribution in [0.3, 0.4) is 0 Å². The molecule has 0 N–H and O–H groups in total. The first kappa shape index (κ1) is 11.6. The van der Waals surface area contributed by atoms with Crippen LogP contribution in [0.15, 0.2) is 18.2 Å². The predicted octanol–water partition coefficient (Wildman–Crippen LogP) is 2.56. The van der Waals surface area contributed by atoms with Gasteiger partial charge in [0.15, 0.2) is 0 Å². The summed E-state index contributed by atoms with van der Waals surface area (Å²) in [6, 6.07) is 5.45. The van der Waals surface area contributed by atoms with Crippen molar-refractivity contribution in [1.29, 1.82) is 0 Å². The number of carbonyl (C=O) groups excluding carboxylic acids is 1. The lowest BCUT2D eigenvalue weighted by molar-refractivity contribution is -0.139. The maximum absolute atomic E-state index is 10.8. The van der Waals surface area contributed by atoms with Crippen molar-refractivity contribution in [2.24, 2.45) is 0 Å². The zero-order valence-electron chi connectivity index (χ0n) is 8.63. The van der Waals surface area contributed by atoms with Gasteiger partial charge in [-0.05, 0) is 30.7 Å². The first-order valence-corrected chi connectivity index (χ1v) is 4.83. The molecule has 0 amide bonds. The second-order valence-electron chi connectivity index (χ2n) is 3.01. The Morgan fingerprint density at radius 3 is 2.87 bits per heavy atom. The Labute approximate surface area is 94.2 Å². The molecule has 1 aromatic rings. The van der Waals surface area contributed by atoms with Crippen LogP contribution >= 0.6 is 11.6 Å². The van der Waals surface area contributed by atoms with Crippen molar-refractivity contribution in [1.82, 2.24) is 0 Å². The molecule has 0 aliphatic carbocycles. The van der Waals surface area contributed by atoms with E-state index in [1.54, 1.807) is 6.07 Å². The van der Waals surface area contributed by atoms with Gasteiger partial charge >= 0.3 is 5.97 Å². The fourth-order valence-electron chi connectivity index (χ4n) is 1.05. The second kappa shape index (κ2) is 5.43. The van der Waals surface area contributed by atoms with Gasteiger partial charge in [0.25, 0.3) is 0 Å². The number of hydrogen-bond acceptors (Lipinski definition) is 2. The molecule has 2 nitrogen and oxygen atoms in total. The summed E-state index contributed by atoms with van der Waals surface area (Å²) < 4.78 is 4.47. The van der Waals surface area contributed by atoms with Gasteiger partial charge in [0.2, 0.25) is 0 Å². The van der Waals surface area contributed by atoms with Crippen molar-refractivity contribution >= 4 is 17.6 Å². The number of ether oxygens (including phenoxy) is 1. The number of halogens is 1. The first-order chi connectivity index (χ1) is 7.13. The van der Waals surface area contributed by atoms with Gasteiger partial charge in [-0.3, -0.25) is 4.79 Å². The van der Waals surface area contributed by atoms with E-state index in [2.05, 4.69) is 16.6 Å². The fourth-order valence-corrected chi connectivity index (χ4v) is 1.28. The molecule has 0 aromatic heterocycles. The highest BCUT2D eigenvalue weighted by molar-refractivity contribution is 6.30. The van der Waals surface area contributed by atoms with Crippen LogP contribution in [-0.2, 0) is 9.53 Å². The highest BCUT2D eigenvalue weighted by Gasteiger charge is 1.96. The molecule has 1 rings (SSSR count). The third-order valence-electron chi connectivity index (χ3n) is 1.87. The predicted molar refractivity (Wildman–Crippen MR) is 59.7 cm³/mol. The Balaban J connectivity index is 2.76. The van der Waals surface area contributed by atoms with Gasteiger partial charge in [-0.15, -0.1) is 0 Å². The Hall–Kier alpha value is -1.46. The number of carbonyl (C=O) groups is 1. The minimum atomic E-state index is -0.325. The van der Waals surface area contributed by atoms with E-state index in [1.807, 2.05) is 19.1 Å². The molecule has 15 heavy (non-hydrogen) atoms. The molecular weight excluding hydrogens is 212 g/mol. The minimum Gasteiger partial charge on any atom is -0.468 e. The topological polar surface area (TPSA) is 26.3 Å². The number of benzene rings is 1. The summed E-state index contributed by atoms with van der Waals surface area (Å²) in [7, 11) is 1.34. The Morgan fingerprint density at radius 1 is 1.53 bits per heavy atom. The maximum Gasteiger partial charge on any atom is 0.317 e. The molecule has 0 atom stereocenters. The highest BCUT2D eigenvalue weighted by Crippen LogP contribution is 2.13. The summed E-state index contributed by atoms with van der Waals surface area (Å²) >= 11 is 5.80. The zero-order chi connectivity index (χ0) is 11.3. The molecule has 0 saturated heterocycles. The van der Waals surface area contributed by atoms with Crippen LogP contribution in [0.4, 0.5) is 0 Å². The Morgan fingerprint density at radius 2 is 2.27 bits per heavy atom. The van der Waals surface area contributed by atoms with E-state index in [9.17, 15) is 4.79 Å². The summed E-state index contributed by atoms with van der Waals surface area (Å²) in [5.74, 6) is 5.32. The third kappa shape index (κ3) is 3.65. The molecule has 0 aliphatic rings.